The van der Waals surface area contributed by atoms with Crippen LogP contribution in [0, 0.1) is 0 Å². The molecule has 110 valence electrons. The van der Waals surface area contributed by atoms with Crippen molar-refractivity contribution in [1.82, 2.24) is 4.90 Å². The summed E-state index contributed by atoms with van der Waals surface area (Å²) in [4.78, 5) is 13.6. The van der Waals surface area contributed by atoms with Gasteiger partial charge in [-0.1, -0.05) is 18.6 Å². The molecule has 0 bridgehead atoms. The first-order valence-corrected chi connectivity index (χ1v) is 8.48. The lowest BCUT2D eigenvalue weighted by molar-refractivity contribution is -0.114. The molecule has 20 heavy (non-hydrogen) atoms. The van der Waals surface area contributed by atoms with Gasteiger partial charge in [-0.3, -0.25) is 9.69 Å². The Bertz CT molecular complexity index is 464. The zero-order valence-corrected chi connectivity index (χ0v) is 13.4. The van der Waals surface area contributed by atoms with E-state index in [0.717, 1.165) is 17.5 Å². The number of hydrogen-bond donors (Lipinski definition) is 1. The van der Waals surface area contributed by atoms with Crippen molar-refractivity contribution in [3.63, 3.8) is 0 Å². The summed E-state index contributed by atoms with van der Waals surface area (Å²) in [7, 11) is 2.21. The summed E-state index contributed by atoms with van der Waals surface area (Å²) in [6.07, 6.45) is 6.19. The van der Waals surface area contributed by atoms with Crippen molar-refractivity contribution in [2.24, 2.45) is 0 Å². The summed E-state index contributed by atoms with van der Waals surface area (Å²) < 4.78 is 0. The van der Waals surface area contributed by atoms with Gasteiger partial charge in [-0.05, 0) is 43.8 Å². The first kappa shape index (κ1) is 15.4. The summed E-state index contributed by atoms with van der Waals surface area (Å²) in [5, 5.41) is 3.61. The Kier molecular flexibility index (Phi) is 5.49. The van der Waals surface area contributed by atoms with Crippen molar-refractivity contribution >= 4 is 23.4 Å². The van der Waals surface area contributed by atoms with Crippen LogP contribution in [-0.4, -0.2) is 35.4 Å². The van der Waals surface area contributed by atoms with Gasteiger partial charge in [0.2, 0.25) is 5.91 Å². The molecule has 2 rings (SSSR count). The molecule has 1 aliphatic rings. The minimum atomic E-state index is -0.0197. The molecule has 3 nitrogen and oxygen atoms in total. The van der Waals surface area contributed by atoms with Crippen LogP contribution in [0.1, 0.15) is 31.7 Å². The number of nitrogens with zero attached hydrogens (tertiary/aromatic N) is 1. The topological polar surface area (TPSA) is 32.3 Å². The van der Waals surface area contributed by atoms with Crippen LogP contribution in [0.3, 0.4) is 0 Å². The second-order valence-corrected chi connectivity index (χ2v) is 6.65. The van der Waals surface area contributed by atoms with E-state index in [1.165, 1.54) is 24.8 Å². The van der Waals surface area contributed by atoms with Gasteiger partial charge >= 0.3 is 0 Å². The van der Waals surface area contributed by atoms with E-state index in [9.17, 15) is 4.79 Å². The molecule has 0 heterocycles. The maximum atomic E-state index is 11.1. The molecule has 2 unspecified atom stereocenters. The number of benzene rings is 1. The Morgan fingerprint density at radius 2 is 2.25 bits per heavy atom. The summed E-state index contributed by atoms with van der Waals surface area (Å²) in [6, 6.07) is 8.82. The average molecular weight is 292 g/mol. The minimum absolute atomic E-state index is 0.0197. The van der Waals surface area contributed by atoms with Crippen molar-refractivity contribution in [2.45, 2.75) is 44.0 Å². The molecular weight excluding hydrogens is 268 g/mol. The van der Waals surface area contributed by atoms with Crippen LogP contribution in [0.4, 0.5) is 5.69 Å². The molecule has 0 saturated heterocycles. The van der Waals surface area contributed by atoms with E-state index in [-0.39, 0.29) is 5.91 Å². The van der Waals surface area contributed by atoms with Gasteiger partial charge in [0.25, 0.3) is 0 Å². The van der Waals surface area contributed by atoms with E-state index in [1.807, 2.05) is 23.9 Å². The fraction of sp³-hybridized carbons (Fsp3) is 0.562. The number of hydrogen-bond acceptors (Lipinski definition) is 3. The molecule has 1 aliphatic carbocycles. The van der Waals surface area contributed by atoms with E-state index in [2.05, 4.69) is 35.7 Å². The number of amides is 1. The van der Waals surface area contributed by atoms with Gasteiger partial charge in [0, 0.05) is 30.4 Å². The predicted molar refractivity (Wildman–Crippen MR) is 87.2 cm³/mol. The average Bonchev–Trinajstić information content (AvgIpc) is 2.86. The highest BCUT2D eigenvalue weighted by molar-refractivity contribution is 7.99. The first-order valence-electron chi connectivity index (χ1n) is 7.19. The highest BCUT2D eigenvalue weighted by atomic mass is 32.2. The van der Waals surface area contributed by atoms with Crippen molar-refractivity contribution in [1.29, 1.82) is 0 Å². The van der Waals surface area contributed by atoms with Gasteiger partial charge < -0.3 is 5.32 Å². The van der Waals surface area contributed by atoms with E-state index in [0.29, 0.717) is 6.04 Å². The SMILES string of the molecule is CSC1CCCC1N(C)Cc1cccc(NC(C)=O)c1. The van der Waals surface area contributed by atoms with Gasteiger partial charge in [0.1, 0.15) is 0 Å². The van der Waals surface area contributed by atoms with Crippen molar-refractivity contribution in [2.75, 3.05) is 18.6 Å². The van der Waals surface area contributed by atoms with Crippen LogP contribution < -0.4 is 5.32 Å². The summed E-state index contributed by atoms with van der Waals surface area (Å²) in [6.45, 7) is 2.48. The zero-order chi connectivity index (χ0) is 14.5. The molecule has 2 atom stereocenters. The van der Waals surface area contributed by atoms with Crippen LogP contribution in [0.25, 0.3) is 0 Å². The van der Waals surface area contributed by atoms with E-state index < -0.39 is 0 Å². The largest absolute Gasteiger partial charge is 0.326 e. The molecule has 1 aromatic rings. The van der Waals surface area contributed by atoms with Crippen LogP contribution in [0.15, 0.2) is 24.3 Å². The molecule has 4 heteroatoms. The van der Waals surface area contributed by atoms with Crippen molar-refractivity contribution in [3.05, 3.63) is 29.8 Å². The highest BCUT2D eigenvalue weighted by Gasteiger charge is 2.29. The molecule has 1 amide bonds. The van der Waals surface area contributed by atoms with Gasteiger partial charge in [0.15, 0.2) is 0 Å². The molecule has 1 saturated carbocycles. The quantitative estimate of drug-likeness (QED) is 0.903. The van der Waals surface area contributed by atoms with Crippen molar-refractivity contribution < 1.29 is 4.79 Å². The standard InChI is InChI=1S/C16H24N2OS/c1-12(19)17-14-7-4-6-13(10-14)11-18(2)15-8-5-9-16(15)20-3/h4,6-7,10,15-16H,5,8-9,11H2,1-3H3,(H,17,19). The molecule has 1 aromatic carbocycles. The maximum Gasteiger partial charge on any atom is 0.221 e. The predicted octanol–water partition coefficient (Wildman–Crippen LogP) is 3.36. The van der Waals surface area contributed by atoms with E-state index >= 15 is 0 Å². The molecule has 0 radical (unpaired) electrons. The number of rotatable bonds is 5. The summed E-state index contributed by atoms with van der Waals surface area (Å²) in [5.74, 6) is -0.0197. The second-order valence-electron chi connectivity index (χ2n) is 5.57. The van der Waals surface area contributed by atoms with Crippen LogP contribution in [0.2, 0.25) is 0 Å². The Hall–Kier alpha value is -1.00. The first-order chi connectivity index (χ1) is 9.60. The van der Waals surface area contributed by atoms with Gasteiger partial charge in [-0.2, -0.15) is 11.8 Å². The molecule has 1 fully saturated rings. The third kappa shape index (κ3) is 4.00. The van der Waals surface area contributed by atoms with Crippen molar-refractivity contribution in [3.8, 4) is 0 Å². The number of thioether (sulfide) groups is 1. The monoisotopic (exact) mass is 292 g/mol. The van der Waals surface area contributed by atoms with Crippen LogP contribution >= 0.6 is 11.8 Å². The second kappa shape index (κ2) is 7.14. The third-order valence-corrected chi connectivity index (χ3v) is 5.12. The number of carbonyl (C=O) groups is 1. The van der Waals surface area contributed by atoms with Gasteiger partial charge in [-0.25, -0.2) is 0 Å². The lowest BCUT2D eigenvalue weighted by Gasteiger charge is -2.29. The number of carbonyl (C=O) groups excluding carboxylic acids is 1. The summed E-state index contributed by atoms with van der Waals surface area (Å²) in [5.41, 5.74) is 2.14. The smallest absolute Gasteiger partial charge is 0.221 e. The molecule has 0 aromatic heterocycles. The van der Waals surface area contributed by atoms with Crippen LogP contribution in [-0.2, 0) is 11.3 Å². The Morgan fingerprint density at radius 3 is 2.95 bits per heavy atom. The number of anilines is 1. The third-order valence-electron chi connectivity index (χ3n) is 3.97. The minimum Gasteiger partial charge on any atom is -0.326 e. The summed E-state index contributed by atoms with van der Waals surface area (Å²) >= 11 is 1.99. The van der Waals surface area contributed by atoms with E-state index in [1.54, 1.807) is 6.92 Å². The molecule has 0 spiro atoms. The van der Waals surface area contributed by atoms with Gasteiger partial charge in [-0.15, -0.1) is 0 Å². The Morgan fingerprint density at radius 1 is 1.45 bits per heavy atom. The lowest BCUT2D eigenvalue weighted by Crippen LogP contribution is -2.35. The lowest BCUT2D eigenvalue weighted by atomic mass is 10.1. The normalized spacial score (nSPS) is 22.2. The van der Waals surface area contributed by atoms with Gasteiger partial charge in [0.05, 0.1) is 0 Å². The fourth-order valence-electron chi connectivity index (χ4n) is 3.04. The highest BCUT2D eigenvalue weighted by Crippen LogP contribution is 2.32. The zero-order valence-electron chi connectivity index (χ0n) is 12.6. The maximum absolute atomic E-state index is 11.1. The Labute approximate surface area is 126 Å². The number of nitrogens with one attached hydrogen (secondary N) is 1. The Balaban J connectivity index is 2.00. The molecular formula is C16H24N2OS. The molecule has 1 N–H and O–H groups in total. The van der Waals surface area contributed by atoms with E-state index in [4.69, 9.17) is 0 Å². The molecule has 0 aliphatic heterocycles. The van der Waals surface area contributed by atoms with Crippen LogP contribution in [0.5, 0.6) is 0 Å². The fourth-order valence-corrected chi connectivity index (χ4v) is 4.10.